The topological polar surface area (TPSA) is 63.3 Å². The lowest BCUT2D eigenvalue weighted by atomic mass is 10.2. The van der Waals surface area contributed by atoms with Gasteiger partial charge in [-0.25, -0.2) is 0 Å². The Kier molecular flexibility index (Phi) is 2.45. The van der Waals surface area contributed by atoms with Gasteiger partial charge in [-0.15, -0.1) is 0 Å². The number of halogens is 2. The monoisotopic (exact) mass is 205 g/mol. The molecule has 0 spiro atoms. The van der Waals surface area contributed by atoms with E-state index >= 15 is 0 Å². The molecule has 0 bridgehead atoms. The average molecular weight is 206 g/mol. The molecule has 3 nitrogen and oxygen atoms in total. The molecule has 0 aromatic heterocycles. The maximum absolute atomic E-state index is 10.7. The predicted molar refractivity (Wildman–Crippen MR) is 46.6 cm³/mol. The van der Waals surface area contributed by atoms with Crippen molar-refractivity contribution < 1.29 is 9.90 Å². The van der Waals surface area contributed by atoms with Crippen molar-refractivity contribution in [3.63, 3.8) is 0 Å². The summed E-state index contributed by atoms with van der Waals surface area (Å²) in [7, 11) is 0. The van der Waals surface area contributed by atoms with Crippen LogP contribution < -0.4 is 5.73 Å². The van der Waals surface area contributed by atoms with E-state index in [4.69, 9.17) is 28.9 Å². The normalized spacial score (nSPS) is 9.83. The Hall–Kier alpha value is -0.930. The standard InChI is InChI=1S/C7H5Cl2NO2/c8-3-1-2-4(9)6(11)5(3)7(10)12/h1-2,11H,(H2,10,12). The number of hydrogen-bond acceptors (Lipinski definition) is 2. The van der Waals surface area contributed by atoms with E-state index in [1.54, 1.807) is 0 Å². The number of nitrogens with two attached hydrogens (primary N) is 1. The van der Waals surface area contributed by atoms with Crippen LogP contribution in [0.4, 0.5) is 0 Å². The van der Waals surface area contributed by atoms with Crippen LogP contribution in [0.15, 0.2) is 12.1 Å². The Bertz CT molecular complexity index is 338. The minimum Gasteiger partial charge on any atom is -0.505 e. The molecule has 1 amide bonds. The molecule has 0 atom stereocenters. The molecule has 0 saturated heterocycles. The average Bonchev–Trinajstić information content (AvgIpc) is 1.97. The maximum Gasteiger partial charge on any atom is 0.254 e. The van der Waals surface area contributed by atoms with Crippen molar-refractivity contribution in [2.45, 2.75) is 0 Å². The lowest BCUT2D eigenvalue weighted by molar-refractivity contribution is 0.0998. The maximum atomic E-state index is 10.7. The molecular formula is C7H5Cl2NO2. The van der Waals surface area contributed by atoms with Crippen molar-refractivity contribution in [2.24, 2.45) is 5.73 Å². The summed E-state index contributed by atoms with van der Waals surface area (Å²) in [5.41, 5.74) is 4.79. The summed E-state index contributed by atoms with van der Waals surface area (Å²) in [6.07, 6.45) is 0. The van der Waals surface area contributed by atoms with Crippen LogP contribution in [-0.4, -0.2) is 11.0 Å². The highest BCUT2D eigenvalue weighted by Crippen LogP contribution is 2.32. The van der Waals surface area contributed by atoms with Crippen molar-refractivity contribution in [2.75, 3.05) is 0 Å². The van der Waals surface area contributed by atoms with E-state index in [0.717, 1.165) is 0 Å². The summed E-state index contributed by atoms with van der Waals surface area (Å²) in [5, 5.41) is 9.37. The SMILES string of the molecule is NC(=O)c1c(Cl)ccc(Cl)c1O. The zero-order valence-corrected chi connectivity index (χ0v) is 7.36. The predicted octanol–water partition coefficient (Wildman–Crippen LogP) is 1.80. The zero-order valence-electron chi connectivity index (χ0n) is 5.84. The van der Waals surface area contributed by atoms with E-state index < -0.39 is 5.91 Å². The summed E-state index contributed by atoms with van der Waals surface area (Å²) in [4.78, 5) is 10.7. The van der Waals surface area contributed by atoms with E-state index in [2.05, 4.69) is 0 Å². The minimum atomic E-state index is -0.806. The van der Waals surface area contributed by atoms with Gasteiger partial charge < -0.3 is 10.8 Å². The van der Waals surface area contributed by atoms with Crippen LogP contribution in [0.1, 0.15) is 10.4 Å². The molecule has 0 aliphatic rings. The first-order chi connectivity index (χ1) is 5.54. The smallest absolute Gasteiger partial charge is 0.254 e. The van der Waals surface area contributed by atoms with Crippen LogP contribution in [0.2, 0.25) is 10.0 Å². The molecule has 5 heteroatoms. The Morgan fingerprint density at radius 2 is 1.83 bits per heavy atom. The fourth-order valence-corrected chi connectivity index (χ4v) is 1.18. The number of hydrogen-bond donors (Lipinski definition) is 2. The molecule has 0 aliphatic carbocycles. The van der Waals surface area contributed by atoms with Gasteiger partial charge in [0.1, 0.15) is 11.3 Å². The van der Waals surface area contributed by atoms with Gasteiger partial charge >= 0.3 is 0 Å². The first kappa shape index (κ1) is 9.16. The minimum absolute atomic E-state index is 0.0493. The lowest BCUT2D eigenvalue weighted by Gasteiger charge is -2.03. The van der Waals surface area contributed by atoms with Crippen LogP contribution in [0.3, 0.4) is 0 Å². The summed E-state index contributed by atoms with van der Waals surface area (Å²) in [6, 6.07) is 2.77. The number of primary amides is 1. The number of phenols is 1. The second-order valence-corrected chi connectivity index (χ2v) is 2.93. The van der Waals surface area contributed by atoms with E-state index in [-0.39, 0.29) is 21.4 Å². The van der Waals surface area contributed by atoms with Gasteiger partial charge in [0.15, 0.2) is 0 Å². The third-order valence-electron chi connectivity index (χ3n) is 1.32. The molecule has 1 aromatic carbocycles. The Morgan fingerprint density at radius 1 is 1.33 bits per heavy atom. The van der Waals surface area contributed by atoms with E-state index in [0.29, 0.717) is 0 Å². The van der Waals surface area contributed by atoms with E-state index in [1.807, 2.05) is 0 Å². The van der Waals surface area contributed by atoms with Gasteiger partial charge in [0.25, 0.3) is 5.91 Å². The highest BCUT2D eigenvalue weighted by molar-refractivity contribution is 6.37. The van der Waals surface area contributed by atoms with Crippen molar-refractivity contribution >= 4 is 29.1 Å². The molecule has 3 N–H and O–H groups in total. The number of benzene rings is 1. The number of carbonyl (C=O) groups excluding carboxylic acids is 1. The summed E-state index contributed by atoms with van der Waals surface area (Å²) < 4.78 is 0. The molecule has 64 valence electrons. The number of aromatic hydroxyl groups is 1. The number of rotatable bonds is 1. The van der Waals surface area contributed by atoms with Gasteiger partial charge in [-0.2, -0.15) is 0 Å². The first-order valence-corrected chi connectivity index (χ1v) is 3.76. The summed E-state index contributed by atoms with van der Waals surface area (Å²) >= 11 is 11.1. The Morgan fingerprint density at radius 3 is 2.25 bits per heavy atom. The quantitative estimate of drug-likeness (QED) is 0.735. The van der Waals surface area contributed by atoms with Crippen molar-refractivity contribution in [3.05, 3.63) is 27.7 Å². The lowest BCUT2D eigenvalue weighted by Crippen LogP contribution is -2.11. The highest BCUT2D eigenvalue weighted by Gasteiger charge is 2.14. The molecule has 12 heavy (non-hydrogen) atoms. The molecular weight excluding hydrogens is 201 g/mol. The van der Waals surface area contributed by atoms with Crippen molar-refractivity contribution in [1.82, 2.24) is 0 Å². The van der Waals surface area contributed by atoms with E-state index in [9.17, 15) is 9.90 Å². The molecule has 0 fully saturated rings. The second kappa shape index (κ2) is 3.21. The highest BCUT2D eigenvalue weighted by atomic mass is 35.5. The molecule has 1 aromatic rings. The van der Waals surface area contributed by atoms with Gasteiger partial charge in [-0.05, 0) is 12.1 Å². The van der Waals surface area contributed by atoms with Crippen molar-refractivity contribution in [3.8, 4) is 5.75 Å². The Balaban J connectivity index is 3.43. The van der Waals surface area contributed by atoms with Crippen molar-refractivity contribution in [1.29, 1.82) is 0 Å². The van der Waals surface area contributed by atoms with Gasteiger partial charge in [0.05, 0.1) is 10.0 Å². The molecule has 1 rings (SSSR count). The van der Waals surface area contributed by atoms with Crippen LogP contribution in [0, 0.1) is 0 Å². The van der Waals surface area contributed by atoms with Gasteiger partial charge in [0.2, 0.25) is 0 Å². The van der Waals surface area contributed by atoms with Crippen LogP contribution in [0.5, 0.6) is 5.75 Å². The fraction of sp³-hybridized carbons (Fsp3) is 0. The van der Waals surface area contributed by atoms with Crippen LogP contribution in [0.25, 0.3) is 0 Å². The molecule has 0 aliphatic heterocycles. The first-order valence-electron chi connectivity index (χ1n) is 3.01. The summed E-state index contributed by atoms with van der Waals surface area (Å²) in [5.74, 6) is -1.18. The van der Waals surface area contributed by atoms with Gasteiger partial charge in [0, 0.05) is 0 Å². The summed E-state index contributed by atoms with van der Waals surface area (Å²) in [6.45, 7) is 0. The second-order valence-electron chi connectivity index (χ2n) is 2.12. The largest absolute Gasteiger partial charge is 0.505 e. The number of carbonyl (C=O) groups is 1. The van der Waals surface area contributed by atoms with Crippen LogP contribution >= 0.6 is 23.2 Å². The van der Waals surface area contributed by atoms with Gasteiger partial charge in [-0.1, -0.05) is 23.2 Å². The third kappa shape index (κ3) is 1.47. The van der Waals surface area contributed by atoms with Gasteiger partial charge in [-0.3, -0.25) is 4.79 Å². The molecule has 0 saturated carbocycles. The molecule has 0 radical (unpaired) electrons. The van der Waals surface area contributed by atoms with Crippen LogP contribution in [-0.2, 0) is 0 Å². The molecule has 0 heterocycles. The number of amides is 1. The third-order valence-corrected chi connectivity index (χ3v) is 1.94. The molecule has 0 unspecified atom stereocenters. The Labute approximate surface area is 78.7 Å². The zero-order chi connectivity index (χ0) is 9.30. The fourth-order valence-electron chi connectivity index (χ4n) is 0.776. The van der Waals surface area contributed by atoms with E-state index in [1.165, 1.54) is 12.1 Å².